The highest BCUT2D eigenvalue weighted by atomic mass is 35.5. The van der Waals surface area contributed by atoms with Crippen LogP contribution in [0, 0.1) is 0 Å². The quantitative estimate of drug-likeness (QED) is 0.810. The van der Waals surface area contributed by atoms with Gasteiger partial charge in [0.2, 0.25) is 0 Å². The molecule has 0 bridgehead atoms. The van der Waals surface area contributed by atoms with Crippen molar-refractivity contribution >= 4 is 18.3 Å². The lowest BCUT2D eigenvalue weighted by Gasteiger charge is -2.22. The topological polar surface area (TPSA) is 68.2 Å². The standard InChI is InChI=1S/C19H26N4O2.ClH/c1-3-25-17-8-4-6-15(12-17)14(2)21-19(24)18-9-11-23(22-18)16-7-5-10-20-13-16;/h4,6,8-9,11-12,14,16,20H,3,5,7,10,13H2,1-2H3,(H,21,24);1H. The number of carbonyl (C=O) groups is 1. The zero-order valence-corrected chi connectivity index (χ0v) is 16.1. The van der Waals surface area contributed by atoms with Gasteiger partial charge in [0, 0.05) is 12.7 Å². The van der Waals surface area contributed by atoms with Crippen LogP contribution in [0.15, 0.2) is 36.5 Å². The van der Waals surface area contributed by atoms with E-state index in [0.29, 0.717) is 18.3 Å². The molecule has 0 aliphatic carbocycles. The van der Waals surface area contributed by atoms with Gasteiger partial charge in [-0.2, -0.15) is 5.10 Å². The van der Waals surface area contributed by atoms with Crippen molar-refractivity contribution in [2.24, 2.45) is 0 Å². The Morgan fingerprint density at radius 1 is 1.46 bits per heavy atom. The summed E-state index contributed by atoms with van der Waals surface area (Å²) in [7, 11) is 0. The third-order valence-electron chi connectivity index (χ3n) is 4.50. The van der Waals surface area contributed by atoms with Gasteiger partial charge in [-0.05, 0) is 57.0 Å². The fraction of sp³-hybridized carbons (Fsp3) is 0.474. The molecule has 26 heavy (non-hydrogen) atoms. The Bertz CT molecular complexity index is 713. The number of rotatable bonds is 6. The fourth-order valence-corrected chi connectivity index (χ4v) is 3.12. The van der Waals surface area contributed by atoms with Gasteiger partial charge < -0.3 is 15.4 Å². The highest BCUT2D eigenvalue weighted by molar-refractivity contribution is 5.92. The molecule has 142 valence electrons. The number of ether oxygens (including phenoxy) is 1. The van der Waals surface area contributed by atoms with E-state index in [4.69, 9.17) is 4.74 Å². The van der Waals surface area contributed by atoms with Crippen molar-refractivity contribution in [2.45, 2.75) is 38.8 Å². The average molecular weight is 379 g/mol. The van der Waals surface area contributed by atoms with Gasteiger partial charge in [-0.3, -0.25) is 9.48 Å². The number of amides is 1. The lowest BCUT2D eigenvalue weighted by Crippen LogP contribution is -2.32. The number of halogens is 1. The summed E-state index contributed by atoms with van der Waals surface area (Å²) >= 11 is 0. The molecule has 1 aliphatic heterocycles. The van der Waals surface area contributed by atoms with Crippen molar-refractivity contribution in [3.63, 3.8) is 0 Å². The first-order valence-corrected chi connectivity index (χ1v) is 8.97. The molecule has 0 radical (unpaired) electrons. The SMILES string of the molecule is CCOc1cccc(C(C)NC(=O)c2ccn(C3CCCNC3)n2)c1.Cl. The van der Waals surface area contributed by atoms with E-state index in [1.54, 1.807) is 6.07 Å². The smallest absolute Gasteiger partial charge is 0.272 e. The molecular weight excluding hydrogens is 352 g/mol. The van der Waals surface area contributed by atoms with Gasteiger partial charge in [-0.15, -0.1) is 12.4 Å². The van der Waals surface area contributed by atoms with E-state index in [1.165, 1.54) is 0 Å². The first-order valence-electron chi connectivity index (χ1n) is 8.97. The molecule has 0 saturated carbocycles. The summed E-state index contributed by atoms with van der Waals surface area (Å²) in [5.74, 6) is 0.659. The van der Waals surface area contributed by atoms with E-state index in [1.807, 2.05) is 49.0 Å². The van der Waals surface area contributed by atoms with Crippen LogP contribution in [-0.4, -0.2) is 35.4 Å². The normalized spacial score (nSPS) is 17.8. The Hall–Kier alpha value is -2.05. The number of piperidine rings is 1. The molecule has 1 amide bonds. The van der Waals surface area contributed by atoms with E-state index in [0.717, 1.165) is 37.2 Å². The molecule has 2 atom stereocenters. The zero-order valence-electron chi connectivity index (χ0n) is 15.3. The summed E-state index contributed by atoms with van der Waals surface area (Å²) in [6.45, 7) is 6.51. The molecule has 1 aromatic heterocycles. The van der Waals surface area contributed by atoms with Crippen LogP contribution < -0.4 is 15.4 Å². The first-order chi connectivity index (χ1) is 12.2. The number of hydrogen-bond acceptors (Lipinski definition) is 4. The van der Waals surface area contributed by atoms with Crippen LogP contribution in [-0.2, 0) is 0 Å². The van der Waals surface area contributed by atoms with Crippen molar-refractivity contribution in [3.05, 3.63) is 47.8 Å². The molecule has 1 saturated heterocycles. The third kappa shape index (κ3) is 4.99. The van der Waals surface area contributed by atoms with Crippen molar-refractivity contribution in [2.75, 3.05) is 19.7 Å². The maximum absolute atomic E-state index is 12.5. The average Bonchev–Trinajstić information content (AvgIpc) is 3.13. The molecule has 2 N–H and O–H groups in total. The van der Waals surface area contributed by atoms with E-state index in [2.05, 4.69) is 15.7 Å². The summed E-state index contributed by atoms with van der Waals surface area (Å²) in [4.78, 5) is 12.5. The second kappa shape index (κ2) is 9.59. The van der Waals surface area contributed by atoms with Crippen molar-refractivity contribution in [1.82, 2.24) is 20.4 Å². The molecule has 6 nitrogen and oxygen atoms in total. The van der Waals surface area contributed by atoms with Crippen LogP contribution in [0.5, 0.6) is 5.75 Å². The number of benzene rings is 1. The maximum atomic E-state index is 12.5. The molecule has 2 aromatic rings. The van der Waals surface area contributed by atoms with Crippen LogP contribution in [0.2, 0.25) is 0 Å². The Balaban J connectivity index is 0.00000243. The molecule has 7 heteroatoms. The highest BCUT2D eigenvalue weighted by Gasteiger charge is 2.19. The van der Waals surface area contributed by atoms with Crippen molar-refractivity contribution in [3.8, 4) is 5.75 Å². The lowest BCUT2D eigenvalue weighted by molar-refractivity contribution is 0.0933. The lowest BCUT2D eigenvalue weighted by atomic mass is 10.1. The number of nitrogens with one attached hydrogen (secondary N) is 2. The predicted molar refractivity (Wildman–Crippen MR) is 104 cm³/mol. The molecular formula is C19H27ClN4O2. The minimum atomic E-state index is -0.156. The van der Waals surface area contributed by atoms with Crippen LogP contribution >= 0.6 is 12.4 Å². The van der Waals surface area contributed by atoms with Crippen LogP contribution in [0.1, 0.15) is 54.8 Å². The van der Waals surface area contributed by atoms with E-state index in [9.17, 15) is 4.79 Å². The zero-order chi connectivity index (χ0) is 17.6. The molecule has 2 unspecified atom stereocenters. The number of nitrogens with zero attached hydrogens (tertiary/aromatic N) is 2. The molecule has 1 aromatic carbocycles. The molecule has 2 heterocycles. The molecule has 1 aliphatic rings. The Morgan fingerprint density at radius 2 is 2.31 bits per heavy atom. The van der Waals surface area contributed by atoms with E-state index in [-0.39, 0.29) is 24.4 Å². The second-order valence-electron chi connectivity index (χ2n) is 6.38. The van der Waals surface area contributed by atoms with Gasteiger partial charge in [0.25, 0.3) is 5.91 Å². The van der Waals surface area contributed by atoms with Gasteiger partial charge in [-0.25, -0.2) is 0 Å². The maximum Gasteiger partial charge on any atom is 0.272 e. The first kappa shape index (κ1) is 20.3. The number of hydrogen-bond donors (Lipinski definition) is 2. The summed E-state index contributed by atoms with van der Waals surface area (Å²) in [5.41, 5.74) is 1.47. The highest BCUT2D eigenvalue weighted by Crippen LogP contribution is 2.20. The largest absolute Gasteiger partial charge is 0.494 e. The predicted octanol–water partition coefficient (Wildman–Crippen LogP) is 3.12. The number of aromatic nitrogens is 2. The summed E-state index contributed by atoms with van der Waals surface area (Å²) < 4.78 is 7.43. The van der Waals surface area contributed by atoms with Crippen LogP contribution in [0.3, 0.4) is 0 Å². The van der Waals surface area contributed by atoms with Gasteiger partial charge in [-0.1, -0.05) is 12.1 Å². The third-order valence-corrected chi connectivity index (χ3v) is 4.50. The van der Waals surface area contributed by atoms with Crippen molar-refractivity contribution < 1.29 is 9.53 Å². The van der Waals surface area contributed by atoms with E-state index >= 15 is 0 Å². The molecule has 1 fully saturated rings. The Kier molecular flexibility index (Phi) is 7.48. The Morgan fingerprint density at radius 3 is 3.04 bits per heavy atom. The van der Waals surface area contributed by atoms with Crippen LogP contribution in [0.25, 0.3) is 0 Å². The monoisotopic (exact) mass is 378 g/mol. The Labute approximate surface area is 160 Å². The van der Waals surface area contributed by atoms with E-state index < -0.39 is 0 Å². The second-order valence-corrected chi connectivity index (χ2v) is 6.38. The van der Waals surface area contributed by atoms with Gasteiger partial charge in [0.15, 0.2) is 0 Å². The molecule has 3 rings (SSSR count). The minimum absolute atomic E-state index is 0. The summed E-state index contributed by atoms with van der Waals surface area (Å²) in [6.07, 6.45) is 4.13. The summed E-state index contributed by atoms with van der Waals surface area (Å²) in [6, 6.07) is 9.80. The van der Waals surface area contributed by atoms with Gasteiger partial charge in [0.1, 0.15) is 11.4 Å². The van der Waals surface area contributed by atoms with Crippen LogP contribution in [0.4, 0.5) is 0 Å². The summed E-state index contributed by atoms with van der Waals surface area (Å²) in [5, 5.41) is 10.8. The van der Waals surface area contributed by atoms with Crippen molar-refractivity contribution in [1.29, 1.82) is 0 Å². The minimum Gasteiger partial charge on any atom is -0.494 e. The fourth-order valence-electron chi connectivity index (χ4n) is 3.12. The molecule has 0 spiro atoms. The number of carbonyl (C=O) groups excluding carboxylic acids is 1. The van der Waals surface area contributed by atoms with Gasteiger partial charge in [0.05, 0.1) is 18.7 Å². The van der Waals surface area contributed by atoms with Gasteiger partial charge >= 0.3 is 0 Å².